The molecule has 0 bridgehead atoms. The normalized spacial score (nSPS) is 13.6. The number of nitrogens with two attached hydrogens (primary N) is 6. The molecule has 0 saturated carbocycles. The number of aliphatic carboxylic acids is 1. The summed E-state index contributed by atoms with van der Waals surface area (Å²) in [5.74, 6) is -6.97. The minimum Gasteiger partial charge on any atom is -0.480 e. The Kier molecular flexibility index (Phi) is 15.0. The Labute approximate surface area is 217 Å². The molecule has 0 aliphatic carbocycles. The largest absolute Gasteiger partial charge is 0.480 e. The number of guanidine groups is 1. The van der Waals surface area contributed by atoms with E-state index >= 15 is 0 Å². The number of carbonyl (C=O) groups excluding carboxylic acids is 6. The lowest BCUT2D eigenvalue weighted by Gasteiger charge is -2.24. The Morgan fingerprint density at radius 2 is 1.16 bits per heavy atom. The number of amides is 6. The molecule has 4 atom stereocenters. The van der Waals surface area contributed by atoms with Crippen LogP contribution in [0.2, 0.25) is 0 Å². The molecular formula is C20H36N10O8. The highest BCUT2D eigenvalue weighted by atomic mass is 16.4. The topological polar surface area (TPSA) is 344 Å². The standard InChI is InChI=1S/C20H36N10O8/c21-9(3-5-13(22)31)16(34)30-12(8-15(24)33)18(36)28-10(2-1-7-27-20(25)26)17(35)29-11(19(37)38)4-6-14(23)32/h9-12H,1-8,21H2,(H2,22,31)(H2,23,32)(H2,24,33)(H,28,36)(H,29,35)(H,30,34)(H,37,38)(H4,25,26,27). The van der Waals surface area contributed by atoms with Gasteiger partial charge in [0, 0.05) is 19.4 Å². The number of nitrogens with zero attached hydrogens (tertiary/aromatic N) is 1. The van der Waals surface area contributed by atoms with Gasteiger partial charge in [0.1, 0.15) is 18.1 Å². The molecule has 18 nitrogen and oxygen atoms in total. The zero-order chi connectivity index (χ0) is 29.4. The quantitative estimate of drug-likeness (QED) is 0.0414. The molecule has 0 aliphatic heterocycles. The van der Waals surface area contributed by atoms with Crippen molar-refractivity contribution in [1.82, 2.24) is 16.0 Å². The van der Waals surface area contributed by atoms with E-state index in [1.807, 2.05) is 0 Å². The van der Waals surface area contributed by atoms with Crippen molar-refractivity contribution in [1.29, 1.82) is 0 Å². The van der Waals surface area contributed by atoms with Crippen molar-refractivity contribution in [2.24, 2.45) is 39.4 Å². The zero-order valence-electron chi connectivity index (χ0n) is 20.7. The highest BCUT2D eigenvalue weighted by Crippen LogP contribution is 2.05. The predicted octanol–water partition coefficient (Wildman–Crippen LogP) is -5.69. The van der Waals surface area contributed by atoms with Gasteiger partial charge >= 0.3 is 5.97 Å². The average molecular weight is 545 g/mol. The Morgan fingerprint density at radius 1 is 0.658 bits per heavy atom. The van der Waals surface area contributed by atoms with Gasteiger partial charge < -0.3 is 55.5 Å². The molecule has 0 rings (SSSR count). The molecule has 0 aromatic carbocycles. The third kappa shape index (κ3) is 14.8. The van der Waals surface area contributed by atoms with E-state index in [0.29, 0.717) is 0 Å². The van der Waals surface area contributed by atoms with Crippen LogP contribution in [-0.4, -0.2) is 83.2 Å². The number of primary amides is 3. The molecule has 16 N–H and O–H groups in total. The summed E-state index contributed by atoms with van der Waals surface area (Å²) in [7, 11) is 0. The number of nitrogens with one attached hydrogen (secondary N) is 3. The maximum absolute atomic E-state index is 12.9. The molecule has 38 heavy (non-hydrogen) atoms. The van der Waals surface area contributed by atoms with Gasteiger partial charge in [-0.2, -0.15) is 0 Å². The van der Waals surface area contributed by atoms with Gasteiger partial charge in [-0.25, -0.2) is 4.79 Å². The SMILES string of the molecule is NC(=O)CCC(N)C(=O)NC(CC(N)=O)C(=O)NC(CCCN=C(N)N)C(=O)NC(CCC(N)=O)C(=O)O. The second kappa shape index (κ2) is 17.1. The minimum atomic E-state index is -1.56. The summed E-state index contributed by atoms with van der Waals surface area (Å²) in [5, 5.41) is 16.1. The smallest absolute Gasteiger partial charge is 0.326 e. The van der Waals surface area contributed by atoms with Gasteiger partial charge in [0.2, 0.25) is 35.4 Å². The Hall–Kier alpha value is -4.48. The highest BCUT2D eigenvalue weighted by molar-refractivity contribution is 5.96. The van der Waals surface area contributed by atoms with E-state index in [9.17, 15) is 38.7 Å². The van der Waals surface area contributed by atoms with Gasteiger partial charge in [-0.3, -0.25) is 33.8 Å². The van der Waals surface area contributed by atoms with Crippen LogP contribution in [0, 0.1) is 0 Å². The lowest BCUT2D eigenvalue weighted by molar-refractivity contribution is -0.142. The number of carboxylic acid groups (broad SMARTS) is 1. The predicted molar refractivity (Wildman–Crippen MR) is 132 cm³/mol. The van der Waals surface area contributed by atoms with Crippen molar-refractivity contribution >= 4 is 47.4 Å². The molecule has 0 radical (unpaired) electrons. The number of carboxylic acids is 1. The van der Waals surface area contributed by atoms with Crippen molar-refractivity contribution in [3.8, 4) is 0 Å². The molecule has 4 unspecified atom stereocenters. The number of aliphatic imine (C=N–C) groups is 1. The summed E-state index contributed by atoms with van der Waals surface area (Å²) in [5.41, 5.74) is 31.4. The third-order valence-electron chi connectivity index (χ3n) is 4.95. The fourth-order valence-electron chi connectivity index (χ4n) is 2.98. The maximum Gasteiger partial charge on any atom is 0.326 e. The number of hydrogen-bond acceptors (Lipinski definition) is 9. The van der Waals surface area contributed by atoms with Gasteiger partial charge in [0.05, 0.1) is 12.5 Å². The average Bonchev–Trinajstić information content (AvgIpc) is 2.80. The van der Waals surface area contributed by atoms with Crippen LogP contribution in [0.25, 0.3) is 0 Å². The first-order valence-corrected chi connectivity index (χ1v) is 11.4. The fourth-order valence-corrected chi connectivity index (χ4v) is 2.98. The van der Waals surface area contributed by atoms with E-state index in [4.69, 9.17) is 34.4 Å². The second-order valence-corrected chi connectivity index (χ2v) is 8.26. The van der Waals surface area contributed by atoms with Gasteiger partial charge in [-0.15, -0.1) is 0 Å². The van der Waals surface area contributed by atoms with Crippen LogP contribution in [0.4, 0.5) is 0 Å². The molecule has 0 saturated heterocycles. The van der Waals surface area contributed by atoms with Gasteiger partial charge in [-0.1, -0.05) is 0 Å². The van der Waals surface area contributed by atoms with E-state index in [-0.39, 0.29) is 51.0 Å². The highest BCUT2D eigenvalue weighted by Gasteiger charge is 2.31. The first kappa shape index (κ1) is 33.5. The van der Waals surface area contributed by atoms with Crippen LogP contribution in [0.3, 0.4) is 0 Å². The Morgan fingerprint density at radius 3 is 1.66 bits per heavy atom. The van der Waals surface area contributed by atoms with Crippen LogP contribution >= 0.6 is 0 Å². The summed E-state index contributed by atoms with van der Waals surface area (Å²) >= 11 is 0. The molecular weight excluding hydrogens is 508 g/mol. The molecule has 0 heterocycles. The molecule has 6 amide bonds. The summed E-state index contributed by atoms with van der Waals surface area (Å²) in [6.07, 6.45) is -1.59. The molecule has 0 aromatic heterocycles. The van der Waals surface area contributed by atoms with Crippen LogP contribution < -0.4 is 50.4 Å². The van der Waals surface area contributed by atoms with Crippen molar-refractivity contribution in [3.63, 3.8) is 0 Å². The molecule has 214 valence electrons. The van der Waals surface area contributed by atoms with E-state index in [1.54, 1.807) is 0 Å². The van der Waals surface area contributed by atoms with E-state index < -0.39 is 72.0 Å². The van der Waals surface area contributed by atoms with Crippen LogP contribution in [0.1, 0.15) is 44.9 Å². The monoisotopic (exact) mass is 544 g/mol. The number of carbonyl (C=O) groups is 7. The maximum atomic E-state index is 12.9. The Balaban J connectivity index is 5.67. The summed E-state index contributed by atoms with van der Waals surface area (Å²) < 4.78 is 0. The Bertz CT molecular complexity index is 921. The number of rotatable bonds is 19. The molecule has 18 heteroatoms. The molecule has 0 fully saturated rings. The van der Waals surface area contributed by atoms with Crippen molar-refractivity contribution in [3.05, 3.63) is 0 Å². The number of hydrogen-bond donors (Lipinski definition) is 10. The first-order valence-electron chi connectivity index (χ1n) is 11.4. The van der Waals surface area contributed by atoms with Gasteiger partial charge in [0.15, 0.2) is 5.96 Å². The molecule has 0 aromatic rings. The van der Waals surface area contributed by atoms with Gasteiger partial charge in [-0.05, 0) is 25.7 Å². The fraction of sp³-hybridized carbons (Fsp3) is 0.600. The van der Waals surface area contributed by atoms with Gasteiger partial charge in [0.25, 0.3) is 0 Å². The lowest BCUT2D eigenvalue weighted by atomic mass is 10.1. The lowest BCUT2D eigenvalue weighted by Crippen LogP contribution is -2.57. The van der Waals surface area contributed by atoms with Crippen LogP contribution in [0.5, 0.6) is 0 Å². The van der Waals surface area contributed by atoms with E-state index in [0.717, 1.165) is 0 Å². The van der Waals surface area contributed by atoms with E-state index in [1.165, 1.54) is 0 Å². The first-order chi connectivity index (χ1) is 17.6. The van der Waals surface area contributed by atoms with Crippen LogP contribution in [-0.2, 0) is 33.6 Å². The summed E-state index contributed by atoms with van der Waals surface area (Å²) in [6, 6.07) is -5.68. The van der Waals surface area contributed by atoms with Crippen molar-refractivity contribution in [2.45, 2.75) is 69.1 Å². The summed E-state index contributed by atoms with van der Waals surface area (Å²) in [6.45, 7) is 0.0577. The third-order valence-corrected chi connectivity index (χ3v) is 4.95. The molecule has 0 spiro atoms. The summed E-state index contributed by atoms with van der Waals surface area (Å²) in [4.78, 5) is 86.8. The molecule has 0 aliphatic rings. The van der Waals surface area contributed by atoms with E-state index in [2.05, 4.69) is 20.9 Å². The van der Waals surface area contributed by atoms with Crippen molar-refractivity contribution in [2.75, 3.05) is 6.54 Å². The minimum absolute atomic E-state index is 0.0577. The van der Waals surface area contributed by atoms with Crippen molar-refractivity contribution < 1.29 is 38.7 Å². The van der Waals surface area contributed by atoms with Crippen LogP contribution in [0.15, 0.2) is 4.99 Å². The second-order valence-electron chi connectivity index (χ2n) is 8.26. The zero-order valence-corrected chi connectivity index (χ0v) is 20.7.